The van der Waals surface area contributed by atoms with Crippen molar-refractivity contribution in [2.24, 2.45) is 5.41 Å². The fourth-order valence-corrected chi connectivity index (χ4v) is 3.76. The van der Waals surface area contributed by atoms with Crippen LogP contribution in [0, 0.1) is 22.6 Å². The Balaban J connectivity index is 2.27. The molecule has 0 aliphatic carbocycles. The number of aryl methyl sites for hydroxylation is 1. The largest absolute Gasteiger partial charge is 0.353 e. The zero-order valence-electron chi connectivity index (χ0n) is 19.3. The first-order chi connectivity index (χ1) is 15.3. The lowest BCUT2D eigenvalue weighted by Crippen LogP contribution is -2.54. The van der Waals surface area contributed by atoms with Crippen LogP contribution in [0.3, 0.4) is 0 Å². The van der Waals surface area contributed by atoms with Gasteiger partial charge in [-0.05, 0) is 36.5 Å². The molecule has 1 atom stereocenters. The highest BCUT2D eigenvalue weighted by atomic mass is 32.2. The number of fused-ring (bicyclic) bond motifs is 1. The van der Waals surface area contributed by atoms with E-state index in [0.717, 1.165) is 6.26 Å². The quantitative estimate of drug-likeness (QED) is 0.502. The molecule has 2 aromatic rings. The Hall–Kier alpha value is -3.00. The van der Waals surface area contributed by atoms with E-state index in [9.17, 15) is 22.4 Å². The van der Waals surface area contributed by atoms with E-state index in [0.29, 0.717) is 36.7 Å². The number of unbranched alkanes of at least 4 members (excludes halogenated alkanes) is 2. The molecule has 1 unspecified atom stereocenters. The zero-order valence-corrected chi connectivity index (χ0v) is 20.1. The molecule has 2 amide bonds. The van der Waals surface area contributed by atoms with Crippen molar-refractivity contribution in [3.63, 3.8) is 0 Å². The first-order valence-electron chi connectivity index (χ1n) is 10.6. The minimum absolute atomic E-state index is 0.0588. The highest BCUT2D eigenvalue weighted by molar-refractivity contribution is 7.90. The van der Waals surface area contributed by atoms with Crippen LogP contribution in [0.15, 0.2) is 18.2 Å². The zero-order chi connectivity index (χ0) is 24.8. The number of hydrogen-bond acceptors (Lipinski definition) is 6. The summed E-state index contributed by atoms with van der Waals surface area (Å²) in [5.41, 5.74) is -0.169. The molecule has 1 aromatic heterocycles. The molecule has 33 heavy (non-hydrogen) atoms. The number of nitriles is 1. The molecular weight excluding hydrogens is 449 g/mol. The van der Waals surface area contributed by atoms with Gasteiger partial charge in [0, 0.05) is 31.2 Å². The van der Waals surface area contributed by atoms with E-state index >= 15 is 0 Å². The lowest BCUT2D eigenvalue weighted by Gasteiger charge is -2.30. The highest BCUT2D eigenvalue weighted by Gasteiger charge is 2.34. The number of carbonyl (C=O) groups is 2. The second-order valence-corrected chi connectivity index (χ2v) is 11.3. The molecule has 2 N–H and O–H groups in total. The van der Waals surface area contributed by atoms with Gasteiger partial charge < -0.3 is 10.6 Å². The SMILES string of the molecule is CC(C)(C)C(NC(=O)c1nn(CCCCC#N)c2cc(F)ccc12)C(=O)NCCS(C)(=O)=O. The van der Waals surface area contributed by atoms with E-state index in [1.54, 1.807) is 20.8 Å². The van der Waals surface area contributed by atoms with Gasteiger partial charge in [0.1, 0.15) is 21.7 Å². The Bertz CT molecular complexity index is 1160. The molecule has 0 spiro atoms. The summed E-state index contributed by atoms with van der Waals surface area (Å²) in [4.78, 5) is 25.9. The van der Waals surface area contributed by atoms with E-state index in [1.807, 2.05) is 0 Å². The Kier molecular flexibility index (Phi) is 8.55. The van der Waals surface area contributed by atoms with E-state index in [1.165, 1.54) is 22.9 Å². The smallest absolute Gasteiger partial charge is 0.273 e. The lowest BCUT2D eigenvalue weighted by molar-refractivity contribution is -0.125. The number of aromatic nitrogens is 2. The third kappa shape index (κ3) is 7.53. The lowest BCUT2D eigenvalue weighted by atomic mass is 9.86. The fraction of sp³-hybridized carbons (Fsp3) is 0.545. The number of hydrogen-bond donors (Lipinski definition) is 2. The monoisotopic (exact) mass is 479 g/mol. The van der Waals surface area contributed by atoms with E-state index < -0.39 is 38.9 Å². The maximum Gasteiger partial charge on any atom is 0.273 e. The minimum atomic E-state index is -3.25. The molecule has 1 aromatic carbocycles. The van der Waals surface area contributed by atoms with Crippen LogP contribution in [0.4, 0.5) is 4.39 Å². The van der Waals surface area contributed by atoms with Crippen molar-refractivity contribution >= 4 is 32.6 Å². The molecule has 0 aliphatic heterocycles. The number of rotatable bonds is 10. The van der Waals surface area contributed by atoms with Crippen LogP contribution in [0.5, 0.6) is 0 Å². The standard InChI is InChI=1S/C22H30FN5O4S/c1-22(2,3)19(21(30)25-11-13-33(4,31)32)26-20(29)18-16-9-8-15(23)14-17(16)28(27-18)12-7-5-6-10-24/h8-9,14,19H,5-7,11-13H2,1-4H3,(H,25,30)(H,26,29). The van der Waals surface area contributed by atoms with Crippen molar-refractivity contribution in [2.75, 3.05) is 18.6 Å². The summed E-state index contributed by atoms with van der Waals surface area (Å²) in [6.07, 6.45) is 2.75. The summed E-state index contributed by atoms with van der Waals surface area (Å²) < 4.78 is 38.1. The van der Waals surface area contributed by atoms with E-state index in [2.05, 4.69) is 21.8 Å². The number of nitrogens with one attached hydrogen (secondary N) is 2. The van der Waals surface area contributed by atoms with Crippen LogP contribution in [-0.4, -0.2) is 54.6 Å². The van der Waals surface area contributed by atoms with Gasteiger partial charge in [0.05, 0.1) is 17.3 Å². The third-order valence-corrected chi connectivity index (χ3v) is 5.96. The average molecular weight is 480 g/mol. The summed E-state index contributed by atoms with van der Waals surface area (Å²) in [6, 6.07) is 5.11. The van der Waals surface area contributed by atoms with Gasteiger partial charge in [-0.3, -0.25) is 14.3 Å². The molecule has 0 saturated carbocycles. The topological polar surface area (TPSA) is 134 Å². The highest BCUT2D eigenvalue weighted by Crippen LogP contribution is 2.23. The van der Waals surface area contributed by atoms with Gasteiger partial charge in [-0.15, -0.1) is 0 Å². The predicted molar refractivity (Wildman–Crippen MR) is 123 cm³/mol. The van der Waals surface area contributed by atoms with Crippen molar-refractivity contribution in [3.8, 4) is 6.07 Å². The van der Waals surface area contributed by atoms with Crippen molar-refractivity contribution in [1.29, 1.82) is 5.26 Å². The van der Waals surface area contributed by atoms with Crippen LogP contribution < -0.4 is 10.6 Å². The second kappa shape index (κ2) is 10.7. The van der Waals surface area contributed by atoms with Gasteiger partial charge in [0.2, 0.25) is 5.91 Å². The van der Waals surface area contributed by atoms with Crippen molar-refractivity contribution in [1.82, 2.24) is 20.4 Å². The molecule has 9 nitrogen and oxygen atoms in total. The molecule has 0 radical (unpaired) electrons. The Labute approximate surface area is 193 Å². The number of nitrogens with zero attached hydrogens (tertiary/aromatic N) is 3. The number of benzene rings is 1. The van der Waals surface area contributed by atoms with Gasteiger partial charge >= 0.3 is 0 Å². The van der Waals surface area contributed by atoms with Crippen LogP contribution in [0.1, 0.15) is 50.5 Å². The van der Waals surface area contributed by atoms with Crippen molar-refractivity contribution < 1.29 is 22.4 Å². The number of sulfone groups is 1. The van der Waals surface area contributed by atoms with Gasteiger partial charge in [-0.25, -0.2) is 12.8 Å². The Morgan fingerprint density at radius 2 is 1.97 bits per heavy atom. The fourth-order valence-electron chi connectivity index (χ4n) is 3.29. The van der Waals surface area contributed by atoms with Crippen molar-refractivity contribution in [2.45, 2.75) is 52.6 Å². The van der Waals surface area contributed by atoms with Gasteiger partial charge in [0.15, 0.2) is 5.69 Å². The number of amides is 2. The number of carbonyl (C=O) groups excluding carboxylic acids is 2. The van der Waals surface area contributed by atoms with E-state index in [4.69, 9.17) is 5.26 Å². The second-order valence-electron chi connectivity index (χ2n) is 9.04. The molecule has 0 aliphatic rings. The summed E-state index contributed by atoms with van der Waals surface area (Å²) in [6.45, 7) is 5.66. The first kappa shape index (κ1) is 26.3. The minimum Gasteiger partial charge on any atom is -0.353 e. The average Bonchev–Trinajstić information content (AvgIpc) is 3.05. The normalized spacial score (nSPS) is 12.8. The van der Waals surface area contributed by atoms with Crippen LogP contribution in [0.2, 0.25) is 0 Å². The molecule has 0 saturated heterocycles. The van der Waals surface area contributed by atoms with Gasteiger partial charge in [0.25, 0.3) is 5.91 Å². The maximum absolute atomic E-state index is 13.9. The Morgan fingerprint density at radius 3 is 2.58 bits per heavy atom. The summed E-state index contributed by atoms with van der Waals surface area (Å²) in [5, 5.41) is 18.8. The predicted octanol–water partition coefficient (Wildman–Crippen LogP) is 2.17. The molecule has 0 bridgehead atoms. The van der Waals surface area contributed by atoms with E-state index in [-0.39, 0.29) is 18.0 Å². The molecule has 180 valence electrons. The summed E-state index contributed by atoms with van der Waals surface area (Å²) in [7, 11) is -3.25. The van der Waals surface area contributed by atoms with Crippen LogP contribution in [-0.2, 0) is 21.2 Å². The molecule has 11 heteroatoms. The third-order valence-electron chi connectivity index (χ3n) is 5.01. The number of halogens is 1. The molecule has 2 rings (SSSR count). The van der Waals surface area contributed by atoms with Crippen LogP contribution in [0.25, 0.3) is 10.9 Å². The Morgan fingerprint density at radius 1 is 1.27 bits per heavy atom. The maximum atomic E-state index is 13.9. The van der Waals surface area contributed by atoms with Crippen molar-refractivity contribution in [3.05, 3.63) is 29.7 Å². The van der Waals surface area contributed by atoms with Gasteiger partial charge in [-0.2, -0.15) is 10.4 Å². The first-order valence-corrected chi connectivity index (χ1v) is 12.7. The summed E-state index contributed by atoms with van der Waals surface area (Å²) >= 11 is 0. The molecule has 1 heterocycles. The molecular formula is C22H30FN5O4S. The van der Waals surface area contributed by atoms with Gasteiger partial charge in [-0.1, -0.05) is 20.8 Å². The summed E-state index contributed by atoms with van der Waals surface area (Å²) in [5.74, 6) is -1.78. The molecule has 0 fully saturated rings. The van der Waals surface area contributed by atoms with Crippen LogP contribution >= 0.6 is 0 Å².